The van der Waals surface area contributed by atoms with E-state index in [1.807, 2.05) is 0 Å². The SMILES string of the molecule is [2H]c1c([2H])c([2H])c(CC(C)N)c([2H])c1[2H]. The molecule has 0 aromatic heterocycles. The summed E-state index contributed by atoms with van der Waals surface area (Å²) in [6.45, 7) is 1.74. The van der Waals surface area contributed by atoms with Crippen molar-refractivity contribution in [2.75, 3.05) is 0 Å². The third-order valence-electron chi connectivity index (χ3n) is 1.08. The average Bonchev–Trinajstić information content (AvgIpc) is 2.18. The Morgan fingerprint density at radius 1 is 1.50 bits per heavy atom. The summed E-state index contributed by atoms with van der Waals surface area (Å²) in [6, 6.07) is -1.50. The minimum Gasteiger partial charge on any atom is -0.328 e. The van der Waals surface area contributed by atoms with E-state index < -0.39 is 0 Å². The van der Waals surface area contributed by atoms with Crippen LogP contribution in [0.15, 0.2) is 30.2 Å². The normalized spacial score (nSPS) is 20.0. The lowest BCUT2D eigenvalue weighted by atomic mass is 10.1. The summed E-state index contributed by atoms with van der Waals surface area (Å²) in [6.07, 6.45) is 0.287. The lowest BCUT2D eigenvalue weighted by Gasteiger charge is -2.02. The molecule has 0 saturated heterocycles. The first-order valence-corrected chi connectivity index (χ1v) is 3.17. The van der Waals surface area contributed by atoms with Crippen molar-refractivity contribution in [1.82, 2.24) is 0 Å². The van der Waals surface area contributed by atoms with Gasteiger partial charge in [0, 0.05) is 6.04 Å². The van der Waals surface area contributed by atoms with Crippen molar-refractivity contribution in [1.29, 1.82) is 0 Å². The first kappa shape index (κ1) is 3.05. The van der Waals surface area contributed by atoms with Gasteiger partial charge in [-0.3, -0.25) is 0 Å². The molecule has 1 aromatic carbocycles. The van der Waals surface area contributed by atoms with Crippen molar-refractivity contribution in [2.24, 2.45) is 5.73 Å². The van der Waals surface area contributed by atoms with E-state index in [2.05, 4.69) is 0 Å². The predicted octanol–water partition coefficient (Wildman–Crippen LogP) is 1.58. The highest BCUT2D eigenvalue weighted by atomic mass is 14.6. The highest BCUT2D eigenvalue weighted by Gasteiger charge is 1.94. The maximum Gasteiger partial charge on any atom is 0.0626 e. The zero-order valence-electron chi connectivity index (χ0n) is 10.9. The van der Waals surface area contributed by atoms with E-state index in [1.165, 1.54) is 0 Å². The molecule has 0 heterocycles. The molecule has 0 saturated carbocycles. The Labute approximate surface area is 68.9 Å². The molecule has 1 aromatic rings. The highest BCUT2D eigenvalue weighted by Crippen LogP contribution is 2.00. The van der Waals surface area contributed by atoms with Crippen LogP contribution in [0.5, 0.6) is 0 Å². The molecule has 0 spiro atoms. The van der Waals surface area contributed by atoms with E-state index in [1.54, 1.807) is 6.92 Å². The zero-order chi connectivity index (χ0) is 11.7. The van der Waals surface area contributed by atoms with Crippen LogP contribution >= 0.6 is 0 Å². The van der Waals surface area contributed by atoms with E-state index in [-0.39, 0.29) is 48.2 Å². The molecular formula is C9H13N. The summed E-state index contributed by atoms with van der Waals surface area (Å²) in [5.74, 6) is 0. The monoisotopic (exact) mass is 140 g/mol. The Bertz CT molecular complexity index is 360. The van der Waals surface area contributed by atoms with Crippen LogP contribution in [-0.2, 0) is 6.42 Å². The van der Waals surface area contributed by atoms with E-state index in [9.17, 15) is 0 Å². The Kier molecular flexibility index (Phi) is 1.03. The van der Waals surface area contributed by atoms with Crippen LogP contribution in [-0.4, -0.2) is 6.04 Å². The standard InChI is InChI=1S/C9H13N/c1-8(10)7-9-5-3-2-4-6-9/h2-6,8H,7,10H2,1H3/i2D,3D,4D,5D,6D. The number of nitrogens with two attached hydrogens (primary N) is 1. The van der Waals surface area contributed by atoms with Gasteiger partial charge in [-0.1, -0.05) is 30.2 Å². The molecule has 0 radical (unpaired) electrons. The molecular weight excluding hydrogens is 122 g/mol. The largest absolute Gasteiger partial charge is 0.328 e. The van der Waals surface area contributed by atoms with Gasteiger partial charge in [0.05, 0.1) is 6.85 Å². The second-order valence-corrected chi connectivity index (χ2v) is 2.28. The van der Waals surface area contributed by atoms with Gasteiger partial charge in [-0.05, 0) is 18.9 Å². The minimum atomic E-state index is -0.363. The topological polar surface area (TPSA) is 26.0 Å². The van der Waals surface area contributed by atoms with Crippen molar-refractivity contribution in [3.05, 3.63) is 35.8 Å². The van der Waals surface area contributed by atoms with Gasteiger partial charge in [0.2, 0.25) is 0 Å². The van der Waals surface area contributed by atoms with Crippen LogP contribution in [0.25, 0.3) is 0 Å². The Hall–Kier alpha value is -0.820. The van der Waals surface area contributed by atoms with Gasteiger partial charge in [0.25, 0.3) is 0 Å². The molecule has 0 amide bonds. The Morgan fingerprint density at radius 2 is 2.10 bits per heavy atom. The van der Waals surface area contributed by atoms with Crippen molar-refractivity contribution in [3.63, 3.8) is 0 Å². The van der Waals surface area contributed by atoms with Crippen molar-refractivity contribution in [2.45, 2.75) is 19.4 Å². The van der Waals surface area contributed by atoms with Crippen LogP contribution < -0.4 is 5.73 Å². The molecule has 0 bridgehead atoms. The highest BCUT2D eigenvalue weighted by molar-refractivity contribution is 5.15. The summed E-state index contributed by atoms with van der Waals surface area (Å²) in [5, 5.41) is 0. The molecule has 0 aliphatic carbocycles. The molecule has 1 heteroatoms. The number of benzene rings is 1. The summed E-state index contributed by atoms with van der Waals surface area (Å²) in [7, 11) is 0. The van der Waals surface area contributed by atoms with Crippen molar-refractivity contribution in [3.8, 4) is 0 Å². The fourth-order valence-corrected chi connectivity index (χ4v) is 0.700. The fourth-order valence-electron chi connectivity index (χ4n) is 0.700. The minimum absolute atomic E-state index is 0.154. The van der Waals surface area contributed by atoms with E-state index in [4.69, 9.17) is 12.6 Å². The van der Waals surface area contributed by atoms with E-state index >= 15 is 0 Å². The molecule has 1 nitrogen and oxygen atoms in total. The van der Waals surface area contributed by atoms with Gasteiger partial charge in [-0.2, -0.15) is 0 Å². The second-order valence-electron chi connectivity index (χ2n) is 2.28. The summed E-state index contributed by atoms with van der Waals surface area (Å²) in [4.78, 5) is 0. The number of hydrogen-bond donors (Lipinski definition) is 1. The van der Waals surface area contributed by atoms with Gasteiger partial charge < -0.3 is 5.73 Å². The predicted molar refractivity (Wildman–Crippen MR) is 43.8 cm³/mol. The molecule has 0 aliphatic heterocycles. The summed E-state index contributed by atoms with van der Waals surface area (Å²) < 4.78 is 37.5. The van der Waals surface area contributed by atoms with Crippen molar-refractivity contribution >= 4 is 0 Å². The van der Waals surface area contributed by atoms with Crippen LogP contribution in [0.3, 0.4) is 0 Å². The first-order valence-electron chi connectivity index (χ1n) is 5.67. The molecule has 1 rings (SSSR count). The summed E-state index contributed by atoms with van der Waals surface area (Å²) >= 11 is 0. The quantitative estimate of drug-likeness (QED) is 0.663. The van der Waals surface area contributed by atoms with Crippen LogP contribution in [0.4, 0.5) is 0 Å². The molecule has 1 atom stereocenters. The lowest BCUT2D eigenvalue weighted by Crippen LogP contribution is -2.17. The fraction of sp³-hybridized carbons (Fsp3) is 0.333. The maximum atomic E-state index is 7.60. The average molecular weight is 140 g/mol. The van der Waals surface area contributed by atoms with E-state index in [0.29, 0.717) is 0 Å². The number of rotatable bonds is 2. The number of hydrogen-bond acceptors (Lipinski definition) is 1. The lowest BCUT2D eigenvalue weighted by molar-refractivity contribution is 0.738. The van der Waals surface area contributed by atoms with E-state index in [0.717, 1.165) is 0 Å². The van der Waals surface area contributed by atoms with Crippen LogP contribution in [0, 0.1) is 0 Å². The molecule has 2 N–H and O–H groups in total. The summed E-state index contributed by atoms with van der Waals surface area (Å²) in [5.41, 5.74) is 5.85. The Morgan fingerprint density at radius 3 is 2.60 bits per heavy atom. The third kappa shape index (κ3) is 2.19. The molecule has 54 valence electrons. The first-order chi connectivity index (χ1) is 6.86. The molecule has 0 aliphatic rings. The zero-order valence-corrected chi connectivity index (χ0v) is 5.86. The maximum absolute atomic E-state index is 7.60. The van der Waals surface area contributed by atoms with Gasteiger partial charge >= 0.3 is 0 Å². The Balaban J connectivity index is 3.39. The van der Waals surface area contributed by atoms with Gasteiger partial charge in [-0.15, -0.1) is 0 Å². The molecule has 0 fully saturated rings. The second kappa shape index (κ2) is 3.37. The van der Waals surface area contributed by atoms with Crippen LogP contribution in [0.1, 0.15) is 19.3 Å². The molecule has 10 heavy (non-hydrogen) atoms. The van der Waals surface area contributed by atoms with Gasteiger partial charge in [0.15, 0.2) is 0 Å². The smallest absolute Gasteiger partial charge is 0.0626 e. The van der Waals surface area contributed by atoms with Gasteiger partial charge in [-0.25, -0.2) is 0 Å². The van der Waals surface area contributed by atoms with Gasteiger partial charge in [0.1, 0.15) is 0 Å². The van der Waals surface area contributed by atoms with Crippen LogP contribution in [0.2, 0.25) is 0 Å². The van der Waals surface area contributed by atoms with Crippen molar-refractivity contribution < 1.29 is 6.85 Å². The third-order valence-corrected chi connectivity index (χ3v) is 1.08. The molecule has 1 unspecified atom stereocenters.